The molecule has 0 aromatic rings. The minimum atomic E-state index is -0.308. The van der Waals surface area contributed by atoms with Gasteiger partial charge in [-0.1, -0.05) is 5.57 Å². The lowest BCUT2D eigenvalue weighted by Gasteiger charge is -2.32. The summed E-state index contributed by atoms with van der Waals surface area (Å²) in [6.07, 6.45) is 2.39. The van der Waals surface area contributed by atoms with Gasteiger partial charge in [-0.05, 0) is 60.0 Å². The minimum Gasteiger partial charge on any atom is -0.403 e. The monoisotopic (exact) mass is 264 g/mol. The second-order valence-electron chi connectivity index (χ2n) is 7.03. The van der Waals surface area contributed by atoms with Gasteiger partial charge in [0, 0.05) is 12.2 Å². The predicted octanol–water partition coefficient (Wildman–Crippen LogP) is 3.54. The zero-order valence-electron chi connectivity index (χ0n) is 13.0. The Bertz CT molecular complexity index is 403. The van der Waals surface area contributed by atoms with Crippen molar-refractivity contribution in [2.75, 3.05) is 0 Å². The first-order valence-electron chi connectivity index (χ1n) is 7.19. The van der Waals surface area contributed by atoms with Crippen molar-refractivity contribution in [2.24, 2.45) is 0 Å². The van der Waals surface area contributed by atoms with Crippen LogP contribution in [0.2, 0.25) is 5.82 Å². The van der Waals surface area contributed by atoms with Crippen molar-refractivity contribution >= 4 is 12.9 Å². The molecule has 106 valence electrons. The molecule has 0 aromatic carbocycles. The van der Waals surface area contributed by atoms with Crippen molar-refractivity contribution in [3.63, 3.8) is 0 Å². The van der Waals surface area contributed by atoms with Crippen molar-refractivity contribution < 1.29 is 14.1 Å². The summed E-state index contributed by atoms with van der Waals surface area (Å²) in [6.45, 7) is 12.3. The summed E-state index contributed by atoms with van der Waals surface area (Å²) in [5.41, 5.74) is 1.54. The van der Waals surface area contributed by atoms with Crippen molar-refractivity contribution in [1.82, 2.24) is 0 Å². The number of Topliss-reactive ketones (excluding diaryl/α,β-unsaturated/α-hetero) is 1. The van der Waals surface area contributed by atoms with Gasteiger partial charge < -0.3 is 9.31 Å². The highest BCUT2D eigenvalue weighted by Crippen LogP contribution is 2.44. The van der Waals surface area contributed by atoms with Crippen LogP contribution in [0.25, 0.3) is 0 Å². The Kier molecular flexibility index (Phi) is 3.69. The van der Waals surface area contributed by atoms with E-state index in [1.165, 1.54) is 0 Å². The lowest BCUT2D eigenvalue weighted by molar-refractivity contribution is -0.116. The Morgan fingerprint density at radius 1 is 1.16 bits per heavy atom. The van der Waals surface area contributed by atoms with Gasteiger partial charge in [0.25, 0.3) is 0 Å². The summed E-state index contributed by atoms with van der Waals surface area (Å²) in [5.74, 6) is 0.461. The molecule has 0 bridgehead atoms. The van der Waals surface area contributed by atoms with Crippen molar-refractivity contribution in [3.05, 3.63) is 11.1 Å². The maximum atomic E-state index is 12.2. The summed E-state index contributed by atoms with van der Waals surface area (Å²) in [4.78, 5) is 12.2. The molecule has 0 aromatic heterocycles. The Morgan fingerprint density at radius 2 is 1.68 bits per heavy atom. The van der Waals surface area contributed by atoms with Crippen LogP contribution >= 0.6 is 0 Å². The molecule has 2 fully saturated rings. The molecule has 4 heteroatoms. The lowest BCUT2D eigenvalue weighted by atomic mass is 9.63. The number of ketones is 1. The molecule has 0 unspecified atom stereocenters. The highest BCUT2D eigenvalue weighted by molar-refractivity contribution is 6.48. The predicted molar refractivity (Wildman–Crippen MR) is 77.1 cm³/mol. The maximum absolute atomic E-state index is 12.2. The highest BCUT2D eigenvalue weighted by Gasteiger charge is 2.54. The average Bonchev–Trinajstić information content (AvgIpc) is 2.47. The first-order valence-corrected chi connectivity index (χ1v) is 7.19. The summed E-state index contributed by atoms with van der Waals surface area (Å²) >= 11 is 0. The van der Waals surface area contributed by atoms with E-state index in [2.05, 4.69) is 27.7 Å². The fraction of sp³-hybridized carbons (Fsp3) is 0.800. The zero-order valence-corrected chi connectivity index (χ0v) is 13.0. The molecule has 0 N–H and O–H groups in total. The standard InChI is InChI=1S/C15H25BO3/c1-10(2)12-8-7-11(9-13(12)17)16-18-14(3,4)15(5,6)19-16/h11H,7-9H2,1-6H3/t11-/m1/s1. The maximum Gasteiger partial charge on any atom is 0.461 e. The SMILES string of the molecule is CC(C)=C1CC[C@@H](B2OC(C)(C)C(C)(C)O2)CC1=O. The Labute approximate surface area is 116 Å². The van der Waals surface area contributed by atoms with Crippen LogP contribution in [0.5, 0.6) is 0 Å². The van der Waals surface area contributed by atoms with E-state index in [1.54, 1.807) is 0 Å². The van der Waals surface area contributed by atoms with Gasteiger partial charge in [-0.2, -0.15) is 0 Å². The summed E-state index contributed by atoms with van der Waals surface area (Å²) in [7, 11) is -0.243. The summed E-state index contributed by atoms with van der Waals surface area (Å²) in [5, 5.41) is 0. The third kappa shape index (κ3) is 2.66. The molecule has 1 atom stereocenters. The van der Waals surface area contributed by atoms with Crippen LogP contribution in [0.4, 0.5) is 0 Å². The summed E-state index contributed by atoms with van der Waals surface area (Å²) < 4.78 is 12.1. The fourth-order valence-electron chi connectivity index (χ4n) is 2.77. The quantitative estimate of drug-likeness (QED) is 0.536. The molecule has 1 saturated carbocycles. The largest absolute Gasteiger partial charge is 0.461 e. The topological polar surface area (TPSA) is 35.5 Å². The third-order valence-corrected chi connectivity index (χ3v) is 4.81. The first-order chi connectivity index (χ1) is 8.64. The van der Waals surface area contributed by atoms with Crippen LogP contribution in [-0.4, -0.2) is 24.1 Å². The average molecular weight is 264 g/mol. The van der Waals surface area contributed by atoms with E-state index >= 15 is 0 Å². The van der Waals surface area contributed by atoms with Gasteiger partial charge >= 0.3 is 7.12 Å². The van der Waals surface area contributed by atoms with Crippen LogP contribution in [0.3, 0.4) is 0 Å². The molecule has 3 nitrogen and oxygen atoms in total. The summed E-state index contributed by atoms with van der Waals surface area (Å²) in [6, 6.07) is 0. The number of hydrogen-bond donors (Lipinski definition) is 0. The first kappa shape index (κ1) is 14.8. The van der Waals surface area contributed by atoms with Gasteiger partial charge in [-0.15, -0.1) is 0 Å². The normalized spacial score (nSPS) is 29.8. The number of hydrogen-bond acceptors (Lipinski definition) is 3. The van der Waals surface area contributed by atoms with Crippen LogP contribution in [-0.2, 0) is 14.1 Å². The molecular weight excluding hydrogens is 239 g/mol. The molecule has 2 rings (SSSR count). The van der Waals surface area contributed by atoms with Crippen LogP contribution in [0.1, 0.15) is 60.8 Å². The molecule has 2 aliphatic rings. The third-order valence-electron chi connectivity index (χ3n) is 4.81. The van der Waals surface area contributed by atoms with Crippen molar-refractivity contribution in [1.29, 1.82) is 0 Å². The smallest absolute Gasteiger partial charge is 0.403 e. The molecule has 1 heterocycles. The Balaban J connectivity index is 2.08. The number of rotatable bonds is 1. The van der Waals surface area contributed by atoms with Gasteiger partial charge in [0.2, 0.25) is 0 Å². The Morgan fingerprint density at radius 3 is 2.11 bits per heavy atom. The minimum absolute atomic E-state index is 0.191. The van der Waals surface area contributed by atoms with Gasteiger partial charge in [-0.3, -0.25) is 4.79 Å². The Hall–Kier alpha value is -0.605. The van der Waals surface area contributed by atoms with Crippen molar-refractivity contribution in [2.45, 2.75) is 77.8 Å². The second-order valence-corrected chi connectivity index (χ2v) is 7.03. The molecule has 1 saturated heterocycles. The van der Waals surface area contributed by atoms with Gasteiger partial charge in [-0.25, -0.2) is 0 Å². The molecule has 1 aliphatic carbocycles. The van der Waals surface area contributed by atoms with E-state index in [1.807, 2.05) is 13.8 Å². The number of allylic oxidation sites excluding steroid dienone is 2. The van der Waals surface area contributed by atoms with Crippen molar-refractivity contribution in [3.8, 4) is 0 Å². The molecule has 0 spiro atoms. The van der Waals surface area contributed by atoms with Gasteiger partial charge in [0.15, 0.2) is 5.78 Å². The number of carbonyl (C=O) groups excluding carboxylic acids is 1. The molecule has 0 amide bonds. The van der Waals surface area contributed by atoms with Crippen LogP contribution in [0, 0.1) is 0 Å². The molecule has 1 aliphatic heterocycles. The number of carbonyl (C=O) groups is 1. The van der Waals surface area contributed by atoms with E-state index in [9.17, 15) is 4.79 Å². The molecule has 19 heavy (non-hydrogen) atoms. The molecule has 0 radical (unpaired) electrons. The van der Waals surface area contributed by atoms with Gasteiger partial charge in [0.1, 0.15) is 0 Å². The van der Waals surface area contributed by atoms with E-state index < -0.39 is 0 Å². The van der Waals surface area contributed by atoms with Gasteiger partial charge in [0.05, 0.1) is 11.2 Å². The van der Waals surface area contributed by atoms with Crippen LogP contribution in [0.15, 0.2) is 11.1 Å². The van der Waals surface area contributed by atoms with Crippen LogP contribution < -0.4 is 0 Å². The van der Waals surface area contributed by atoms with E-state index in [0.29, 0.717) is 6.42 Å². The van der Waals surface area contributed by atoms with E-state index in [0.717, 1.165) is 24.0 Å². The van der Waals surface area contributed by atoms with E-state index in [4.69, 9.17) is 9.31 Å². The van der Waals surface area contributed by atoms with E-state index in [-0.39, 0.29) is 29.9 Å². The molecular formula is C15H25BO3. The second kappa shape index (κ2) is 4.74. The fourth-order valence-corrected chi connectivity index (χ4v) is 2.77. The highest BCUT2D eigenvalue weighted by atomic mass is 16.7. The lowest BCUT2D eigenvalue weighted by Crippen LogP contribution is -2.41. The zero-order chi connectivity index (χ0) is 14.4.